The van der Waals surface area contributed by atoms with E-state index < -0.39 is 21.9 Å². The average molecular weight is 358 g/mol. The number of carbonyl (C=O) groups excluding carboxylic acids is 2. The van der Waals surface area contributed by atoms with Crippen molar-refractivity contribution in [2.45, 2.75) is 25.7 Å². The topological polar surface area (TPSA) is 111 Å². The Morgan fingerprint density at radius 2 is 1.92 bits per heavy atom. The molecule has 134 valence electrons. The van der Waals surface area contributed by atoms with E-state index in [4.69, 9.17) is 4.74 Å². The van der Waals surface area contributed by atoms with Crippen molar-refractivity contribution < 1.29 is 27.5 Å². The van der Waals surface area contributed by atoms with Crippen molar-refractivity contribution in [3.05, 3.63) is 23.8 Å². The Bertz CT molecular complexity index is 687. The molecule has 0 bridgehead atoms. The third-order valence-electron chi connectivity index (χ3n) is 2.90. The number of amides is 1. The summed E-state index contributed by atoms with van der Waals surface area (Å²) in [6.45, 7) is 5.71. The van der Waals surface area contributed by atoms with Gasteiger partial charge in [0.2, 0.25) is 10.0 Å². The van der Waals surface area contributed by atoms with Gasteiger partial charge in [-0.3, -0.25) is 4.79 Å². The highest BCUT2D eigenvalue weighted by atomic mass is 32.2. The Labute approximate surface area is 141 Å². The van der Waals surface area contributed by atoms with E-state index in [1.54, 1.807) is 26.8 Å². The van der Waals surface area contributed by atoms with E-state index >= 15 is 0 Å². The number of hydrogen-bond acceptors (Lipinski definition) is 6. The van der Waals surface area contributed by atoms with E-state index in [-0.39, 0.29) is 24.7 Å². The minimum atomic E-state index is -3.51. The fraction of sp³-hybridized carbons (Fsp3) is 0.467. The molecule has 0 atom stereocenters. The van der Waals surface area contributed by atoms with Crippen LogP contribution in [0.1, 0.15) is 19.4 Å². The van der Waals surface area contributed by atoms with Crippen LogP contribution in [0.4, 0.5) is 0 Å². The summed E-state index contributed by atoms with van der Waals surface area (Å²) in [7, 11) is -3.51. The fourth-order valence-electron chi connectivity index (χ4n) is 1.82. The molecule has 1 amide bonds. The van der Waals surface area contributed by atoms with Crippen molar-refractivity contribution in [2.75, 3.05) is 26.3 Å². The summed E-state index contributed by atoms with van der Waals surface area (Å²) in [5.41, 5.74) is 0.644. The van der Waals surface area contributed by atoms with E-state index in [9.17, 15) is 18.0 Å². The molecule has 1 rings (SSSR count). The first kappa shape index (κ1) is 19.9. The van der Waals surface area contributed by atoms with Gasteiger partial charge in [-0.1, -0.05) is 6.92 Å². The standard InChI is InChI=1S/C15H22N2O6S/c1-4-17-24(20,21)12-6-7-13(11(3)10-12)23-9-8-16-14(18)15(19)22-5-2/h6-7,10,17H,4-5,8-9H2,1-3H3,(H,16,18). The van der Waals surface area contributed by atoms with Crippen LogP contribution in [-0.4, -0.2) is 46.6 Å². The van der Waals surface area contributed by atoms with E-state index in [1.807, 2.05) is 0 Å². The van der Waals surface area contributed by atoms with Crippen LogP contribution < -0.4 is 14.8 Å². The first-order valence-electron chi connectivity index (χ1n) is 7.49. The number of rotatable bonds is 8. The van der Waals surface area contributed by atoms with Gasteiger partial charge >= 0.3 is 11.9 Å². The van der Waals surface area contributed by atoms with Crippen molar-refractivity contribution >= 4 is 21.9 Å². The number of benzene rings is 1. The lowest BCUT2D eigenvalue weighted by Crippen LogP contribution is -2.35. The number of nitrogens with one attached hydrogen (secondary N) is 2. The minimum absolute atomic E-state index is 0.120. The molecule has 0 saturated carbocycles. The normalized spacial score (nSPS) is 11.0. The van der Waals surface area contributed by atoms with Crippen LogP contribution in [-0.2, 0) is 24.3 Å². The highest BCUT2D eigenvalue weighted by Gasteiger charge is 2.15. The Balaban J connectivity index is 2.55. The van der Waals surface area contributed by atoms with Gasteiger partial charge in [0.15, 0.2) is 0 Å². The lowest BCUT2D eigenvalue weighted by molar-refractivity contribution is -0.154. The van der Waals surface area contributed by atoms with E-state index in [0.29, 0.717) is 17.9 Å². The van der Waals surface area contributed by atoms with Crippen LogP contribution in [0.15, 0.2) is 23.1 Å². The molecule has 0 aliphatic carbocycles. The van der Waals surface area contributed by atoms with Gasteiger partial charge in [-0.15, -0.1) is 0 Å². The maximum atomic E-state index is 11.9. The zero-order valence-corrected chi connectivity index (χ0v) is 14.7. The molecule has 0 aliphatic heterocycles. The predicted octanol–water partition coefficient (Wildman–Crippen LogP) is 0.351. The number of ether oxygens (including phenoxy) is 2. The monoisotopic (exact) mass is 358 g/mol. The summed E-state index contributed by atoms with van der Waals surface area (Å²) in [6, 6.07) is 4.49. The summed E-state index contributed by atoms with van der Waals surface area (Å²) in [4.78, 5) is 22.6. The van der Waals surface area contributed by atoms with Gasteiger partial charge in [-0.05, 0) is 37.6 Å². The molecule has 0 unspecified atom stereocenters. The summed E-state index contributed by atoms with van der Waals surface area (Å²) in [5, 5.41) is 2.36. The van der Waals surface area contributed by atoms with Gasteiger partial charge < -0.3 is 14.8 Å². The molecule has 1 aromatic rings. The van der Waals surface area contributed by atoms with Crippen LogP contribution in [0.5, 0.6) is 5.75 Å². The van der Waals surface area contributed by atoms with Crippen molar-refractivity contribution in [3.63, 3.8) is 0 Å². The van der Waals surface area contributed by atoms with Gasteiger partial charge in [0.1, 0.15) is 12.4 Å². The molecule has 2 N–H and O–H groups in total. The Morgan fingerprint density at radius 1 is 1.21 bits per heavy atom. The lowest BCUT2D eigenvalue weighted by Gasteiger charge is -2.11. The highest BCUT2D eigenvalue weighted by Crippen LogP contribution is 2.21. The lowest BCUT2D eigenvalue weighted by atomic mass is 10.2. The van der Waals surface area contributed by atoms with Gasteiger partial charge in [-0.2, -0.15) is 0 Å². The maximum absolute atomic E-state index is 11.9. The first-order chi connectivity index (χ1) is 11.3. The molecule has 9 heteroatoms. The molecule has 0 radical (unpaired) electrons. The molecule has 1 aromatic carbocycles. The number of carbonyl (C=O) groups is 2. The molecule has 0 aromatic heterocycles. The maximum Gasteiger partial charge on any atom is 0.396 e. The van der Waals surface area contributed by atoms with Crippen LogP contribution in [0, 0.1) is 6.92 Å². The number of aryl methyl sites for hydroxylation is 1. The zero-order chi connectivity index (χ0) is 18.2. The van der Waals surface area contributed by atoms with E-state index in [2.05, 4.69) is 14.8 Å². The second-order valence-electron chi connectivity index (χ2n) is 4.75. The van der Waals surface area contributed by atoms with E-state index in [1.165, 1.54) is 12.1 Å². The average Bonchev–Trinajstić information content (AvgIpc) is 2.52. The number of sulfonamides is 1. The number of hydrogen-bond donors (Lipinski definition) is 2. The van der Waals surface area contributed by atoms with Crippen LogP contribution >= 0.6 is 0 Å². The smallest absolute Gasteiger partial charge is 0.396 e. The largest absolute Gasteiger partial charge is 0.491 e. The van der Waals surface area contributed by atoms with Crippen LogP contribution in [0.2, 0.25) is 0 Å². The van der Waals surface area contributed by atoms with Gasteiger partial charge in [0.25, 0.3) is 0 Å². The van der Waals surface area contributed by atoms with Crippen molar-refractivity contribution in [1.82, 2.24) is 10.0 Å². The molecule has 0 aliphatic rings. The number of esters is 1. The molecular formula is C15H22N2O6S. The van der Waals surface area contributed by atoms with E-state index in [0.717, 1.165) is 0 Å². The second kappa shape index (κ2) is 9.24. The first-order valence-corrected chi connectivity index (χ1v) is 8.98. The van der Waals surface area contributed by atoms with Crippen molar-refractivity contribution in [2.24, 2.45) is 0 Å². The third-order valence-corrected chi connectivity index (χ3v) is 4.44. The molecular weight excluding hydrogens is 336 g/mol. The molecule has 0 fully saturated rings. The summed E-state index contributed by atoms with van der Waals surface area (Å²) in [6.07, 6.45) is 0. The van der Waals surface area contributed by atoms with Crippen LogP contribution in [0.25, 0.3) is 0 Å². The molecule has 8 nitrogen and oxygen atoms in total. The molecule has 24 heavy (non-hydrogen) atoms. The Kier molecular flexibility index (Phi) is 7.66. The highest BCUT2D eigenvalue weighted by molar-refractivity contribution is 7.89. The van der Waals surface area contributed by atoms with Crippen molar-refractivity contribution in [1.29, 1.82) is 0 Å². The van der Waals surface area contributed by atoms with Crippen LogP contribution in [0.3, 0.4) is 0 Å². The predicted molar refractivity (Wildman–Crippen MR) is 87.2 cm³/mol. The molecule has 0 spiro atoms. The molecule has 0 saturated heterocycles. The van der Waals surface area contributed by atoms with Crippen molar-refractivity contribution in [3.8, 4) is 5.75 Å². The summed E-state index contributed by atoms with van der Waals surface area (Å²) < 4.78 is 36.2. The Hall–Kier alpha value is -2.13. The summed E-state index contributed by atoms with van der Waals surface area (Å²) in [5.74, 6) is -1.27. The van der Waals surface area contributed by atoms with Gasteiger partial charge in [0, 0.05) is 6.54 Å². The second-order valence-corrected chi connectivity index (χ2v) is 6.52. The summed E-state index contributed by atoms with van der Waals surface area (Å²) >= 11 is 0. The van der Waals surface area contributed by atoms with Gasteiger partial charge in [-0.25, -0.2) is 17.9 Å². The molecule has 0 heterocycles. The minimum Gasteiger partial charge on any atom is -0.491 e. The SMILES string of the molecule is CCNS(=O)(=O)c1ccc(OCCNC(=O)C(=O)OCC)c(C)c1. The quantitative estimate of drug-likeness (QED) is 0.394. The van der Waals surface area contributed by atoms with Gasteiger partial charge in [0.05, 0.1) is 18.0 Å². The third kappa shape index (κ3) is 5.82. The Morgan fingerprint density at radius 3 is 2.50 bits per heavy atom. The zero-order valence-electron chi connectivity index (χ0n) is 13.9. The fourth-order valence-corrected chi connectivity index (χ4v) is 2.94.